The van der Waals surface area contributed by atoms with Gasteiger partial charge in [-0.25, -0.2) is 9.37 Å². The first-order valence-corrected chi connectivity index (χ1v) is 5.38. The molecule has 15 heavy (non-hydrogen) atoms. The molecule has 3 N–H and O–H groups in total. The number of hydrogen-bond donors (Lipinski definition) is 2. The summed E-state index contributed by atoms with van der Waals surface area (Å²) in [4.78, 5) is 3.97. The van der Waals surface area contributed by atoms with E-state index in [2.05, 4.69) is 10.3 Å². The smallest absolute Gasteiger partial charge is 0.165 e. The Balaban J connectivity index is 1.95. The Bertz CT molecular complexity index is 321. The monoisotopic (exact) mass is 209 g/mol. The van der Waals surface area contributed by atoms with E-state index in [0.29, 0.717) is 17.9 Å². The summed E-state index contributed by atoms with van der Waals surface area (Å²) in [6.07, 6.45) is 5.60. The van der Waals surface area contributed by atoms with Gasteiger partial charge in [-0.3, -0.25) is 0 Å². The first-order valence-electron chi connectivity index (χ1n) is 5.38. The van der Waals surface area contributed by atoms with E-state index in [0.717, 1.165) is 25.7 Å². The maximum Gasteiger partial charge on any atom is 0.165 e. The Kier molecular flexibility index (Phi) is 3.16. The second-order valence-electron chi connectivity index (χ2n) is 4.09. The average molecular weight is 209 g/mol. The van der Waals surface area contributed by atoms with Gasteiger partial charge in [0.1, 0.15) is 0 Å². The van der Waals surface area contributed by atoms with Crippen molar-refractivity contribution in [3.63, 3.8) is 0 Å². The molecule has 0 unspecified atom stereocenters. The van der Waals surface area contributed by atoms with Crippen LogP contribution in [0.15, 0.2) is 18.3 Å². The second kappa shape index (κ2) is 4.57. The van der Waals surface area contributed by atoms with Crippen LogP contribution in [-0.2, 0) is 0 Å². The van der Waals surface area contributed by atoms with Crippen molar-refractivity contribution < 1.29 is 4.39 Å². The molecule has 1 aliphatic rings. The fourth-order valence-corrected chi connectivity index (χ4v) is 1.95. The Morgan fingerprint density at radius 2 is 2.07 bits per heavy atom. The molecule has 82 valence electrons. The van der Waals surface area contributed by atoms with Gasteiger partial charge in [-0.1, -0.05) is 0 Å². The van der Waals surface area contributed by atoms with E-state index in [9.17, 15) is 4.39 Å². The van der Waals surface area contributed by atoms with Crippen LogP contribution in [0.5, 0.6) is 0 Å². The molecule has 0 radical (unpaired) electrons. The largest absolute Gasteiger partial charge is 0.365 e. The fraction of sp³-hybridized carbons (Fsp3) is 0.545. The van der Waals surface area contributed by atoms with Crippen molar-refractivity contribution in [2.45, 2.75) is 37.8 Å². The predicted octanol–water partition coefficient (Wildman–Crippen LogP) is 1.90. The molecule has 1 aliphatic carbocycles. The molecule has 0 aliphatic heterocycles. The van der Waals surface area contributed by atoms with Gasteiger partial charge in [-0.05, 0) is 37.8 Å². The minimum atomic E-state index is -0.285. The van der Waals surface area contributed by atoms with Crippen molar-refractivity contribution in [3.05, 3.63) is 24.1 Å². The number of halogens is 1. The summed E-state index contributed by atoms with van der Waals surface area (Å²) in [5, 5.41) is 3.13. The molecule has 0 saturated heterocycles. The highest BCUT2D eigenvalue weighted by Gasteiger charge is 2.19. The van der Waals surface area contributed by atoms with Crippen LogP contribution in [0.25, 0.3) is 0 Å². The van der Waals surface area contributed by atoms with E-state index in [1.54, 1.807) is 12.3 Å². The van der Waals surface area contributed by atoms with Crippen molar-refractivity contribution in [3.8, 4) is 0 Å². The fourth-order valence-electron chi connectivity index (χ4n) is 1.95. The Hall–Kier alpha value is -1.16. The topological polar surface area (TPSA) is 50.9 Å². The van der Waals surface area contributed by atoms with Crippen molar-refractivity contribution in [2.75, 3.05) is 5.32 Å². The minimum Gasteiger partial charge on any atom is -0.365 e. The van der Waals surface area contributed by atoms with Crippen LogP contribution in [-0.4, -0.2) is 17.1 Å². The first-order chi connectivity index (χ1) is 7.25. The number of pyridine rings is 1. The maximum atomic E-state index is 13.3. The van der Waals surface area contributed by atoms with Crippen LogP contribution in [0.2, 0.25) is 0 Å². The molecular formula is C11H16FN3. The summed E-state index contributed by atoms with van der Waals surface area (Å²) in [5.74, 6) is 0.0744. The van der Waals surface area contributed by atoms with E-state index in [1.807, 2.05) is 0 Å². The van der Waals surface area contributed by atoms with E-state index < -0.39 is 0 Å². The number of nitrogens with two attached hydrogens (primary N) is 1. The SMILES string of the molecule is NC1CCC(Nc2ncccc2F)CC1. The Morgan fingerprint density at radius 1 is 1.33 bits per heavy atom. The van der Waals surface area contributed by atoms with Crippen molar-refractivity contribution in [2.24, 2.45) is 5.73 Å². The lowest BCUT2D eigenvalue weighted by atomic mass is 9.92. The number of hydrogen-bond acceptors (Lipinski definition) is 3. The summed E-state index contributed by atoms with van der Waals surface area (Å²) in [7, 11) is 0. The minimum absolute atomic E-state index is 0.285. The molecule has 1 heterocycles. The van der Waals surface area contributed by atoms with Crippen LogP contribution in [0.1, 0.15) is 25.7 Å². The molecule has 0 amide bonds. The van der Waals surface area contributed by atoms with Gasteiger partial charge >= 0.3 is 0 Å². The number of aromatic nitrogens is 1. The highest BCUT2D eigenvalue weighted by atomic mass is 19.1. The van der Waals surface area contributed by atoms with Crippen LogP contribution in [0.3, 0.4) is 0 Å². The third-order valence-electron chi connectivity index (χ3n) is 2.87. The normalized spacial score (nSPS) is 26.3. The number of nitrogens with one attached hydrogen (secondary N) is 1. The van der Waals surface area contributed by atoms with Gasteiger partial charge in [-0.15, -0.1) is 0 Å². The van der Waals surface area contributed by atoms with Crippen LogP contribution >= 0.6 is 0 Å². The van der Waals surface area contributed by atoms with E-state index in [-0.39, 0.29) is 5.82 Å². The van der Waals surface area contributed by atoms with Crippen LogP contribution < -0.4 is 11.1 Å². The second-order valence-corrected chi connectivity index (χ2v) is 4.09. The van der Waals surface area contributed by atoms with Gasteiger partial charge in [0.2, 0.25) is 0 Å². The molecule has 1 aromatic heterocycles. The zero-order valence-electron chi connectivity index (χ0n) is 8.62. The molecule has 4 heteroatoms. The van der Waals surface area contributed by atoms with Crippen LogP contribution in [0, 0.1) is 5.82 Å². The third-order valence-corrected chi connectivity index (χ3v) is 2.87. The zero-order chi connectivity index (χ0) is 10.7. The van der Waals surface area contributed by atoms with Gasteiger partial charge < -0.3 is 11.1 Å². The number of anilines is 1. The first kappa shape index (κ1) is 10.4. The standard InChI is InChI=1S/C11H16FN3/c12-10-2-1-7-14-11(10)15-9-5-3-8(13)4-6-9/h1-2,7-9H,3-6,13H2,(H,14,15). The summed E-state index contributed by atoms with van der Waals surface area (Å²) < 4.78 is 13.3. The molecule has 1 aromatic rings. The lowest BCUT2D eigenvalue weighted by molar-refractivity contribution is 0.409. The molecule has 0 bridgehead atoms. The summed E-state index contributed by atoms with van der Waals surface area (Å²) >= 11 is 0. The molecular weight excluding hydrogens is 193 g/mol. The Morgan fingerprint density at radius 3 is 2.73 bits per heavy atom. The van der Waals surface area contributed by atoms with Crippen LogP contribution in [0.4, 0.5) is 10.2 Å². The molecule has 1 fully saturated rings. The molecule has 0 atom stereocenters. The highest BCUT2D eigenvalue weighted by Crippen LogP contribution is 2.21. The molecule has 3 nitrogen and oxygen atoms in total. The highest BCUT2D eigenvalue weighted by molar-refractivity contribution is 5.36. The van der Waals surface area contributed by atoms with Gasteiger partial charge in [0.15, 0.2) is 11.6 Å². The predicted molar refractivity (Wildman–Crippen MR) is 58.0 cm³/mol. The van der Waals surface area contributed by atoms with Crippen molar-refractivity contribution in [1.29, 1.82) is 0 Å². The van der Waals surface area contributed by atoms with Crippen molar-refractivity contribution >= 4 is 5.82 Å². The van der Waals surface area contributed by atoms with Crippen molar-refractivity contribution in [1.82, 2.24) is 4.98 Å². The number of nitrogens with zero attached hydrogens (tertiary/aromatic N) is 1. The summed E-state index contributed by atoms with van der Waals surface area (Å²) in [6.45, 7) is 0. The molecule has 1 saturated carbocycles. The lowest BCUT2D eigenvalue weighted by Gasteiger charge is -2.27. The molecule has 0 aromatic carbocycles. The molecule has 0 spiro atoms. The third kappa shape index (κ3) is 2.65. The van der Waals surface area contributed by atoms with E-state index in [4.69, 9.17) is 5.73 Å². The zero-order valence-corrected chi connectivity index (χ0v) is 8.62. The van der Waals surface area contributed by atoms with Gasteiger partial charge in [0.25, 0.3) is 0 Å². The van der Waals surface area contributed by atoms with Gasteiger partial charge in [0.05, 0.1) is 0 Å². The molecule has 2 rings (SSSR count). The quantitative estimate of drug-likeness (QED) is 0.782. The Labute approximate surface area is 88.9 Å². The van der Waals surface area contributed by atoms with Gasteiger partial charge in [0, 0.05) is 18.3 Å². The number of rotatable bonds is 2. The van der Waals surface area contributed by atoms with E-state index >= 15 is 0 Å². The van der Waals surface area contributed by atoms with E-state index in [1.165, 1.54) is 6.07 Å². The summed E-state index contributed by atoms with van der Waals surface area (Å²) in [5.41, 5.74) is 5.80. The van der Waals surface area contributed by atoms with Gasteiger partial charge in [-0.2, -0.15) is 0 Å². The average Bonchev–Trinajstić information content (AvgIpc) is 2.25. The summed E-state index contributed by atoms with van der Waals surface area (Å²) in [6, 6.07) is 3.65. The lowest BCUT2D eigenvalue weighted by Crippen LogP contribution is -2.33. The maximum absolute atomic E-state index is 13.3.